The van der Waals surface area contributed by atoms with E-state index in [9.17, 15) is 13.2 Å². The number of hydrogen-bond donors (Lipinski definition) is 1. The molecule has 1 saturated heterocycles. The second-order valence-electron chi connectivity index (χ2n) is 6.84. The highest BCUT2D eigenvalue weighted by Gasteiger charge is 2.28. The number of morpholine rings is 1. The van der Waals surface area contributed by atoms with Gasteiger partial charge in [0.15, 0.2) is 0 Å². The average Bonchev–Trinajstić information content (AvgIpc) is 2.79. The summed E-state index contributed by atoms with van der Waals surface area (Å²) < 4.78 is 37.9. The maximum atomic E-state index is 13.0. The predicted octanol–water partition coefficient (Wildman–Crippen LogP) is 3.88. The van der Waals surface area contributed by atoms with Gasteiger partial charge in [0.2, 0.25) is 15.9 Å². The van der Waals surface area contributed by atoms with Crippen molar-refractivity contribution in [3.63, 3.8) is 0 Å². The molecular formula is C21H25ClN2O5S2. The SMILES string of the molecule is CCC(Sc1ccc(Cl)cc1)C(=O)Nc1cc(S(=O)(=O)N2CCOCC2)ccc1OC. The molecule has 2 aromatic carbocycles. The number of carbonyl (C=O) groups excluding carboxylic acids is 1. The van der Waals surface area contributed by atoms with Crippen LogP contribution in [-0.2, 0) is 19.6 Å². The maximum absolute atomic E-state index is 13.0. The van der Waals surface area contributed by atoms with Gasteiger partial charge in [0.25, 0.3) is 0 Å². The van der Waals surface area contributed by atoms with Gasteiger partial charge in [0.1, 0.15) is 5.75 Å². The summed E-state index contributed by atoms with van der Waals surface area (Å²) in [6.07, 6.45) is 0.590. The lowest BCUT2D eigenvalue weighted by Gasteiger charge is -2.26. The zero-order valence-corrected chi connectivity index (χ0v) is 19.7. The summed E-state index contributed by atoms with van der Waals surface area (Å²) in [5.74, 6) is 0.155. The number of rotatable bonds is 8. The first-order valence-corrected chi connectivity index (χ1v) is 12.5. The Kier molecular flexibility index (Phi) is 8.23. The summed E-state index contributed by atoms with van der Waals surface area (Å²) in [5.41, 5.74) is 0.317. The number of ether oxygens (including phenoxy) is 2. The third kappa shape index (κ3) is 5.93. The second-order valence-corrected chi connectivity index (χ2v) is 10.5. The normalized spacial score (nSPS) is 16.0. The highest BCUT2D eigenvalue weighted by molar-refractivity contribution is 8.00. The van der Waals surface area contributed by atoms with Gasteiger partial charge in [-0.05, 0) is 48.9 Å². The number of carbonyl (C=O) groups is 1. The zero-order chi connectivity index (χ0) is 22.4. The largest absolute Gasteiger partial charge is 0.495 e. The van der Waals surface area contributed by atoms with Crippen LogP contribution in [-0.4, -0.2) is 57.3 Å². The Hall–Kier alpha value is -1.78. The quantitative estimate of drug-likeness (QED) is 0.572. The molecule has 1 atom stereocenters. The standard InChI is InChI=1S/C21H25ClN2O5S2/c1-3-20(30-16-6-4-15(22)5-7-16)21(25)23-18-14-17(8-9-19(18)28-2)31(26,27)24-10-12-29-13-11-24/h4-9,14,20H,3,10-13H2,1-2H3,(H,23,25). The minimum atomic E-state index is -3.69. The van der Waals surface area contributed by atoms with Gasteiger partial charge >= 0.3 is 0 Å². The fourth-order valence-corrected chi connectivity index (χ4v) is 5.61. The van der Waals surface area contributed by atoms with Crippen LogP contribution in [0.1, 0.15) is 13.3 Å². The number of amides is 1. The van der Waals surface area contributed by atoms with Crippen LogP contribution in [0.3, 0.4) is 0 Å². The van der Waals surface area contributed by atoms with Crippen LogP contribution in [0.5, 0.6) is 5.75 Å². The molecule has 1 N–H and O–H groups in total. The Balaban J connectivity index is 1.81. The Morgan fingerprint density at radius 2 is 1.90 bits per heavy atom. The van der Waals surface area contributed by atoms with Gasteiger partial charge in [0, 0.05) is 23.0 Å². The van der Waals surface area contributed by atoms with E-state index in [-0.39, 0.29) is 16.1 Å². The van der Waals surface area contributed by atoms with E-state index < -0.39 is 10.0 Å². The van der Waals surface area contributed by atoms with Crippen molar-refractivity contribution in [3.05, 3.63) is 47.5 Å². The highest BCUT2D eigenvalue weighted by atomic mass is 35.5. The zero-order valence-electron chi connectivity index (χ0n) is 17.3. The molecule has 0 saturated carbocycles. The Labute approximate surface area is 192 Å². The molecule has 1 amide bonds. The lowest BCUT2D eigenvalue weighted by Crippen LogP contribution is -2.40. The molecule has 0 bridgehead atoms. The summed E-state index contributed by atoms with van der Waals surface area (Å²) in [6.45, 7) is 3.24. The third-order valence-corrected chi connectivity index (χ3v) is 8.31. The van der Waals surface area contributed by atoms with Gasteiger partial charge in [-0.15, -0.1) is 11.8 Å². The third-order valence-electron chi connectivity index (χ3n) is 4.79. The first-order chi connectivity index (χ1) is 14.8. The molecule has 168 valence electrons. The molecule has 7 nitrogen and oxygen atoms in total. The molecule has 1 unspecified atom stereocenters. The van der Waals surface area contributed by atoms with Gasteiger partial charge < -0.3 is 14.8 Å². The topological polar surface area (TPSA) is 84.9 Å². The van der Waals surface area contributed by atoms with E-state index in [1.165, 1.54) is 35.3 Å². The minimum Gasteiger partial charge on any atom is -0.495 e. The van der Waals surface area contributed by atoms with Crippen LogP contribution in [0.25, 0.3) is 0 Å². The van der Waals surface area contributed by atoms with Gasteiger partial charge in [0.05, 0.1) is 36.2 Å². The second kappa shape index (κ2) is 10.7. The molecule has 0 aromatic heterocycles. The molecule has 31 heavy (non-hydrogen) atoms. The number of thioether (sulfide) groups is 1. The minimum absolute atomic E-state index is 0.101. The molecule has 10 heteroatoms. The highest BCUT2D eigenvalue weighted by Crippen LogP contribution is 2.32. The van der Waals surface area contributed by atoms with Gasteiger partial charge in [-0.1, -0.05) is 18.5 Å². The molecule has 1 fully saturated rings. The molecule has 0 spiro atoms. The van der Waals surface area contributed by atoms with Crippen LogP contribution in [0.15, 0.2) is 52.3 Å². The molecule has 1 heterocycles. The van der Waals surface area contributed by atoms with Crippen LogP contribution < -0.4 is 10.1 Å². The first-order valence-electron chi connectivity index (χ1n) is 9.84. The summed E-state index contributed by atoms with van der Waals surface area (Å²) in [4.78, 5) is 14.0. The summed E-state index contributed by atoms with van der Waals surface area (Å²) in [7, 11) is -2.22. The van der Waals surface area contributed by atoms with Crippen molar-refractivity contribution < 1.29 is 22.7 Å². The summed E-state index contributed by atoms with van der Waals surface area (Å²) >= 11 is 7.35. The lowest BCUT2D eigenvalue weighted by atomic mass is 10.2. The Bertz CT molecular complexity index is 1010. The number of sulfonamides is 1. The van der Waals surface area contributed by atoms with Crippen LogP contribution in [0.2, 0.25) is 5.02 Å². The van der Waals surface area contributed by atoms with E-state index in [1.807, 2.05) is 19.1 Å². The molecule has 1 aliphatic heterocycles. The molecular weight excluding hydrogens is 460 g/mol. The van der Waals surface area contributed by atoms with Gasteiger partial charge in [-0.25, -0.2) is 8.42 Å². The number of anilines is 1. The van der Waals surface area contributed by atoms with Crippen LogP contribution >= 0.6 is 23.4 Å². The van der Waals surface area contributed by atoms with Gasteiger partial charge in [-0.3, -0.25) is 4.79 Å². The van der Waals surface area contributed by atoms with Crippen LogP contribution in [0.4, 0.5) is 5.69 Å². The molecule has 3 rings (SSSR count). The number of benzene rings is 2. The predicted molar refractivity (Wildman–Crippen MR) is 123 cm³/mol. The van der Waals surface area contributed by atoms with Crippen molar-refractivity contribution in [2.75, 3.05) is 38.7 Å². The van der Waals surface area contributed by atoms with E-state index in [2.05, 4.69) is 5.32 Å². The lowest BCUT2D eigenvalue weighted by molar-refractivity contribution is -0.115. The molecule has 0 radical (unpaired) electrons. The summed E-state index contributed by atoms with van der Waals surface area (Å²) in [6, 6.07) is 11.8. The van der Waals surface area contributed by atoms with Crippen molar-refractivity contribution in [2.24, 2.45) is 0 Å². The van der Waals surface area contributed by atoms with E-state index in [4.69, 9.17) is 21.1 Å². The first kappa shape index (κ1) is 23.9. The fraction of sp³-hybridized carbons (Fsp3) is 0.381. The maximum Gasteiger partial charge on any atom is 0.243 e. The van der Waals surface area contributed by atoms with E-state index >= 15 is 0 Å². The number of nitrogens with one attached hydrogen (secondary N) is 1. The monoisotopic (exact) mass is 484 g/mol. The molecule has 0 aliphatic carbocycles. The van der Waals surface area contributed by atoms with Crippen molar-refractivity contribution in [1.29, 1.82) is 0 Å². The summed E-state index contributed by atoms with van der Waals surface area (Å²) in [5, 5.41) is 3.10. The van der Waals surface area contributed by atoms with E-state index in [1.54, 1.807) is 18.2 Å². The number of hydrogen-bond acceptors (Lipinski definition) is 6. The molecule has 1 aliphatic rings. The average molecular weight is 485 g/mol. The van der Waals surface area contributed by atoms with Crippen molar-refractivity contribution >= 4 is 45.0 Å². The van der Waals surface area contributed by atoms with E-state index in [0.29, 0.717) is 49.2 Å². The van der Waals surface area contributed by atoms with Crippen molar-refractivity contribution in [1.82, 2.24) is 4.31 Å². The van der Waals surface area contributed by atoms with E-state index in [0.717, 1.165) is 4.90 Å². The Morgan fingerprint density at radius 3 is 2.52 bits per heavy atom. The van der Waals surface area contributed by atoms with Crippen LogP contribution in [0, 0.1) is 0 Å². The van der Waals surface area contributed by atoms with Gasteiger partial charge in [-0.2, -0.15) is 4.31 Å². The number of halogens is 1. The smallest absolute Gasteiger partial charge is 0.243 e. The Morgan fingerprint density at radius 1 is 1.23 bits per heavy atom. The molecule has 2 aromatic rings. The van der Waals surface area contributed by atoms with Crippen molar-refractivity contribution in [3.8, 4) is 5.75 Å². The van der Waals surface area contributed by atoms with Crippen molar-refractivity contribution in [2.45, 2.75) is 28.4 Å². The number of methoxy groups -OCH3 is 1. The fourth-order valence-electron chi connectivity index (χ4n) is 3.09. The number of nitrogens with zero attached hydrogens (tertiary/aromatic N) is 1.